The van der Waals surface area contributed by atoms with Crippen LogP contribution in [-0.4, -0.2) is 110 Å². The molecule has 3 aliphatic heterocycles. The maximum atomic E-state index is 12.3. The van der Waals surface area contributed by atoms with Crippen molar-refractivity contribution in [2.24, 2.45) is 11.7 Å². The number of nitrogens with zero attached hydrogens (tertiary/aromatic N) is 4. The van der Waals surface area contributed by atoms with E-state index in [1.807, 2.05) is 11.9 Å². The predicted molar refractivity (Wildman–Crippen MR) is 117 cm³/mol. The van der Waals surface area contributed by atoms with Gasteiger partial charge in [0.1, 0.15) is 0 Å². The first-order valence-electron chi connectivity index (χ1n) is 11.4. The number of rotatable bonds is 8. The third-order valence-corrected chi connectivity index (χ3v) is 7.03. The van der Waals surface area contributed by atoms with Crippen LogP contribution in [-0.2, 0) is 14.3 Å². The molecule has 10 nitrogen and oxygen atoms in total. The highest BCUT2D eigenvalue weighted by Gasteiger charge is 2.43. The summed E-state index contributed by atoms with van der Waals surface area (Å²) >= 11 is 0. The van der Waals surface area contributed by atoms with Crippen molar-refractivity contribution in [1.82, 2.24) is 19.6 Å². The number of piperidine rings is 1. The fourth-order valence-corrected chi connectivity index (χ4v) is 4.92. The largest absolute Gasteiger partial charge is 0.469 e. The molecule has 2 atom stereocenters. The maximum absolute atomic E-state index is 12.3. The number of carbonyl (C=O) groups excluding carboxylic acids is 2. The van der Waals surface area contributed by atoms with Crippen LogP contribution in [0.15, 0.2) is 0 Å². The van der Waals surface area contributed by atoms with Crippen LogP contribution in [0.25, 0.3) is 0 Å². The molecular weight excluding hydrogens is 400 g/mol. The van der Waals surface area contributed by atoms with Crippen molar-refractivity contribution in [1.29, 1.82) is 5.41 Å². The topological polar surface area (TPSA) is 115 Å². The van der Waals surface area contributed by atoms with Crippen LogP contribution in [0.5, 0.6) is 0 Å². The van der Waals surface area contributed by atoms with Crippen LogP contribution in [0.4, 0.5) is 4.79 Å². The van der Waals surface area contributed by atoms with Crippen molar-refractivity contribution >= 4 is 18.0 Å². The minimum Gasteiger partial charge on any atom is -0.469 e. The summed E-state index contributed by atoms with van der Waals surface area (Å²) in [6.07, 6.45) is 5.26. The highest BCUT2D eigenvalue weighted by atomic mass is 16.6. The van der Waals surface area contributed by atoms with Crippen LogP contribution in [0.2, 0.25) is 0 Å². The van der Waals surface area contributed by atoms with Gasteiger partial charge in [-0.3, -0.25) is 15.1 Å². The summed E-state index contributed by atoms with van der Waals surface area (Å²) < 4.78 is 10.5. The number of hydrogen-bond acceptors (Lipinski definition) is 7. The van der Waals surface area contributed by atoms with E-state index < -0.39 is 0 Å². The van der Waals surface area contributed by atoms with Crippen LogP contribution in [0.3, 0.4) is 0 Å². The first-order valence-corrected chi connectivity index (χ1v) is 11.4. The number of nitrogens with two attached hydrogens (primary N) is 1. The number of hydrogen-bond donors (Lipinski definition) is 2. The average molecular weight is 439 g/mol. The number of amides is 1. The summed E-state index contributed by atoms with van der Waals surface area (Å²) in [7, 11) is 3.26. The van der Waals surface area contributed by atoms with Gasteiger partial charge < -0.3 is 29.9 Å². The number of piperazine rings is 1. The van der Waals surface area contributed by atoms with Crippen LogP contribution in [0, 0.1) is 11.3 Å². The molecule has 3 aliphatic rings. The molecule has 0 aromatic rings. The molecule has 3 rings (SSSR count). The van der Waals surface area contributed by atoms with E-state index in [0.29, 0.717) is 18.9 Å². The minimum atomic E-state index is -0.238. The predicted octanol–water partition coefficient (Wildman–Crippen LogP) is 0.720. The van der Waals surface area contributed by atoms with Crippen LogP contribution >= 0.6 is 0 Å². The Morgan fingerprint density at radius 2 is 1.84 bits per heavy atom. The number of esters is 1. The number of likely N-dealkylation sites (N-methyl/N-ethyl adjacent to an activating group) is 1. The zero-order valence-corrected chi connectivity index (χ0v) is 18.9. The molecule has 1 amide bonds. The monoisotopic (exact) mass is 438 g/mol. The molecule has 31 heavy (non-hydrogen) atoms. The quantitative estimate of drug-likeness (QED) is 0.324. The molecule has 0 saturated carbocycles. The van der Waals surface area contributed by atoms with E-state index in [-0.39, 0.29) is 30.3 Å². The fourth-order valence-electron chi connectivity index (χ4n) is 4.92. The summed E-state index contributed by atoms with van der Waals surface area (Å²) in [6, 6.07) is 0.0754. The van der Waals surface area contributed by atoms with E-state index in [2.05, 4.69) is 9.80 Å². The van der Waals surface area contributed by atoms with Crippen molar-refractivity contribution in [3.63, 3.8) is 0 Å². The number of ether oxygens (including phenoxy) is 2. The Hall–Kier alpha value is -2.07. The Morgan fingerprint density at radius 3 is 2.45 bits per heavy atom. The number of methoxy groups -OCH3 is 1. The Kier molecular flexibility index (Phi) is 8.36. The van der Waals surface area contributed by atoms with Crippen molar-refractivity contribution in [3.05, 3.63) is 0 Å². The van der Waals surface area contributed by atoms with Crippen molar-refractivity contribution in [2.45, 2.75) is 50.8 Å². The molecule has 0 aliphatic carbocycles. The van der Waals surface area contributed by atoms with E-state index in [1.54, 1.807) is 4.90 Å². The number of guanidine groups is 1. The molecule has 3 saturated heterocycles. The van der Waals surface area contributed by atoms with Crippen LogP contribution < -0.4 is 5.73 Å². The Labute approximate surface area is 185 Å². The number of nitrogens with one attached hydrogen (secondary N) is 1. The van der Waals surface area contributed by atoms with Crippen molar-refractivity contribution < 1.29 is 19.1 Å². The normalized spacial score (nSPS) is 26.2. The van der Waals surface area contributed by atoms with E-state index in [4.69, 9.17) is 20.6 Å². The van der Waals surface area contributed by atoms with Crippen molar-refractivity contribution in [3.8, 4) is 0 Å². The second-order valence-electron chi connectivity index (χ2n) is 8.90. The summed E-state index contributed by atoms with van der Waals surface area (Å²) in [5.74, 6) is 0.659. The third kappa shape index (κ3) is 6.22. The summed E-state index contributed by atoms with van der Waals surface area (Å²) in [5.41, 5.74) is 5.58. The molecule has 3 N–H and O–H groups in total. The first-order chi connectivity index (χ1) is 14.9. The molecule has 2 unspecified atom stereocenters. The van der Waals surface area contributed by atoms with Gasteiger partial charge in [0.15, 0.2) is 12.2 Å². The van der Waals surface area contributed by atoms with Crippen molar-refractivity contribution in [2.75, 3.05) is 60.0 Å². The van der Waals surface area contributed by atoms with Crippen LogP contribution in [0.1, 0.15) is 38.5 Å². The summed E-state index contributed by atoms with van der Waals surface area (Å²) in [5, 5.41) is 7.55. The minimum absolute atomic E-state index is 0.0754. The van der Waals surface area contributed by atoms with Gasteiger partial charge in [-0.05, 0) is 25.2 Å². The van der Waals surface area contributed by atoms with Gasteiger partial charge in [-0.2, -0.15) is 0 Å². The Balaban J connectivity index is 1.43. The average Bonchev–Trinajstić information content (AvgIpc) is 3.06. The fraction of sp³-hybridized carbons (Fsp3) is 0.857. The van der Waals surface area contributed by atoms with Gasteiger partial charge in [-0.15, -0.1) is 0 Å². The van der Waals surface area contributed by atoms with E-state index in [9.17, 15) is 9.59 Å². The molecule has 0 aromatic carbocycles. The summed E-state index contributed by atoms with van der Waals surface area (Å²) in [6.45, 7) is 5.81. The summed E-state index contributed by atoms with van der Waals surface area (Å²) in [4.78, 5) is 31.8. The molecule has 3 fully saturated rings. The lowest BCUT2D eigenvalue weighted by Crippen LogP contribution is -2.54. The zero-order valence-electron chi connectivity index (χ0n) is 18.9. The lowest BCUT2D eigenvalue weighted by molar-refractivity contribution is -0.141. The number of likely N-dealkylation sites (tertiary alicyclic amines) is 1. The molecular formula is C21H38N6O4. The van der Waals surface area contributed by atoms with Gasteiger partial charge in [0.25, 0.3) is 0 Å². The smallest absolute Gasteiger partial charge is 0.411 e. The molecule has 0 bridgehead atoms. The highest BCUT2D eigenvalue weighted by molar-refractivity contribution is 5.74. The SMILES string of the molecule is COC(=O)CCN1CCN(C2OC(=O)N(C)C2CCCC2CCN(C(=N)N)CC2)CC1. The molecule has 10 heteroatoms. The van der Waals surface area contributed by atoms with Gasteiger partial charge in [0.05, 0.1) is 19.6 Å². The lowest BCUT2D eigenvalue weighted by Gasteiger charge is -2.38. The molecule has 176 valence electrons. The highest BCUT2D eigenvalue weighted by Crippen LogP contribution is 2.28. The van der Waals surface area contributed by atoms with Gasteiger partial charge in [0, 0.05) is 52.9 Å². The van der Waals surface area contributed by atoms with E-state index >= 15 is 0 Å². The van der Waals surface area contributed by atoms with E-state index in [0.717, 1.165) is 71.4 Å². The molecule has 0 radical (unpaired) electrons. The van der Waals surface area contributed by atoms with Gasteiger partial charge in [0.2, 0.25) is 0 Å². The molecule has 0 aromatic heterocycles. The Morgan fingerprint density at radius 1 is 1.16 bits per heavy atom. The van der Waals surface area contributed by atoms with Gasteiger partial charge in [-0.1, -0.05) is 12.8 Å². The first kappa shape index (κ1) is 23.6. The molecule has 0 spiro atoms. The standard InChI is InChI=1S/C21H38N6O4/c1-24-17(5-3-4-16-6-10-27(11-7-16)20(22)23)19(31-21(24)29)26-14-12-25(13-15-26)9-8-18(28)30-2/h16-17,19H,3-15H2,1-2H3,(H3,22,23). The zero-order chi connectivity index (χ0) is 22.4. The number of cyclic esters (lactones) is 1. The van der Waals surface area contributed by atoms with E-state index in [1.165, 1.54) is 7.11 Å². The van der Waals surface area contributed by atoms with Gasteiger partial charge in [-0.25, -0.2) is 4.79 Å². The maximum Gasteiger partial charge on any atom is 0.411 e. The third-order valence-electron chi connectivity index (χ3n) is 7.03. The lowest BCUT2D eigenvalue weighted by atomic mass is 9.90. The molecule has 3 heterocycles. The number of carbonyl (C=O) groups is 2. The van der Waals surface area contributed by atoms with Gasteiger partial charge >= 0.3 is 12.1 Å². The second kappa shape index (κ2) is 11.0. The second-order valence-corrected chi connectivity index (χ2v) is 8.90. The Bertz CT molecular complexity index is 631.